The zero-order valence-electron chi connectivity index (χ0n) is 22.6. The van der Waals surface area contributed by atoms with Gasteiger partial charge >= 0.3 is 6.18 Å². The molecule has 4 aromatic rings. The molecule has 2 aromatic carbocycles. The summed E-state index contributed by atoms with van der Waals surface area (Å²) in [4.78, 5) is 33.6. The second-order valence-electron chi connectivity index (χ2n) is 9.69. The maximum Gasteiger partial charge on any atom is 0.416 e. The maximum absolute atomic E-state index is 14.2. The van der Waals surface area contributed by atoms with Crippen molar-refractivity contribution >= 4 is 17.6 Å². The van der Waals surface area contributed by atoms with Crippen molar-refractivity contribution in [1.82, 2.24) is 25.4 Å². The monoisotopic (exact) mass is 573 g/mol. The van der Waals surface area contributed by atoms with E-state index in [0.29, 0.717) is 28.5 Å². The lowest BCUT2D eigenvalue weighted by Crippen LogP contribution is -2.55. The number of likely N-dealkylation sites (N-methyl/N-ethyl adjacent to an activating group) is 1. The Hall–Kier alpha value is -5.18. The number of benzene rings is 2. The van der Waals surface area contributed by atoms with Gasteiger partial charge in [0.2, 0.25) is 0 Å². The van der Waals surface area contributed by atoms with Crippen molar-refractivity contribution < 1.29 is 22.8 Å². The molecule has 1 aliphatic heterocycles. The molecule has 0 saturated carbocycles. The normalized spacial score (nSPS) is 17.2. The van der Waals surface area contributed by atoms with Crippen LogP contribution in [-0.4, -0.2) is 39.2 Å². The van der Waals surface area contributed by atoms with Gasteiger partial charge in [0.1, 0.15) is 11.9 Å². The third kappa shape index (κ3) is 5.16. The number of para-hydroxylation sites is 1. The van der Waals surface area contributed by atoms with Gasteiger partial charge in [-0.1, -0.05) is 30.3 Å². The van der Waals surface area contributed by atoms with Gasteiger partial charge in [-0.3, -0.25) is 19.5 Å². The minimum absolute atomic E-state index is 0.203. The van der Waals surface area contributed by atoms with Crippen LogP contribution < -0.4 is 15.5 Å². The summed E-state index contributed by atoms with van der Waals surface area (Å²) >= 11 is 0. The largest absolute Gasteiger partial charge is 0.416 e. The number of hydrogen-bond donors (Lipinski definition) is 2. The number of halogens is 3. The Kier molecular flexibility index (Phi) is 7.67. The topological polar surface area (TPSA) is 116 Å². The van der Waals surface area contributed by atoms with Crippen LogP contribution in [0, 0.1) is 11.5 Å². The quantitative estimate of drug-likeness (QED) is 0.244. The third-order valence-corrected chi connectivity index (χ3v) is 7.11. The first-order chi connectivity index (χ1) is 20.2. The zero-order chi connectivity index (χ0) is 30.0. The first kappa shape index (κ1) is 28.4. The molecule has 0 saturated heterocycles. The number of anilines is 1. The van der Waals surface area contributed by atoms with Crippen LogP contribution in [0.5, 0.6) is 0 Å². The molecule has 0 aliphatic carbocycles. The summed E-state index contributed by atoms with van der Waals surface area (Å²) in [5.74, 6) is -1.75. The minimum atomic E-state index is -4.65. The van der Waals surface area contributed by atoms with Crippen LogP contribution in [-0.2, 0) is 11.0 Å². The number of alkyl halides is 3. The number of carbonyl (C=O) groups excluding carboxylic acids is 2. The van der Waals surface area contributed by atoms with E-state index < -0.39 is 41.6 Å². The van der Waals surface area contributed by atoms with E-state index in [1.54, 1.807) is 42.9 Å². The van der Waals surface area contributed by atoms with Crippen molar-refractivity contribution in [3.63, 3.8) is 0 Å². The molecule has 3 heterocycles. The highest BCUT2D eigenvalue weighted by atomic mass is 19.4. The first-order valence-electron chi connectivity index (χ1n) is 13.2. The summed E-state index contributed by atoms with van der Waals surface area (Å²) in [6.45, 7) is 3.72. The number of fused-ring (bicyclic) bond motifs is 1. The third-order valence-electron chi connectivity index (χ3n) is 7.11. The molecule has 2 aromatic heterocycles. The molecule has 12 heteroatoms. The van der Waals surface area contributed by atoms with E-state index in [2.05, 4.69) is 15.6 Å². The number of carbonyl (C=O) groups is 2. The number of aromatic nitrogens is 3. The van der Waals surface area contributed by atoms with E-state index in [4.69, 9.17) is 5.10 Å². The Morgan fingerprint density at radius 2 is 1.83 bits per heavy atom. The summed E-state index contributed by atoms with van der Waals surface area (Å²) in [6.07, 6.45) is -1.16. The highest BCUT2D eigenvalue weighted by Crippen LogP contribution is 2.44. The van der Waals surface area contributed by atoms with E-state index in [0.717, 1.165) is 18.2 Å². The van der Waals surface area contributed by atoms with Gasteiger partial charge in [0.25, 0.3) is 11.8 Å². The van der Waals surface area contributed by atoms with Gasteiger partial charge in [0.05, 0.1) is 34.6 Å². The Morgan fingerprint density at radius 3 is 2.48 bits per heavy atom. The van der Waals surface area contributed by atoms with Crippen molar-refractivity contribution in [2.75, 3.05) is 11.4 Å². The number of nitrogens with zero attached hydrogens (tertiary/aromatic N) is 5. The van der Waals surface area contributed by atoms with Crippen LogP contribution in [0.4, 0.5) is 19.0 Å². The van der Waals surface area contributed by atoms with Crippen LogP contribution in [0.3, 0.4) is 0 Å². The number of nitrogens with one attached hydrogen (secondary N) is 2. The molecule has 3 atom stereocenters. The Bertz CT molecular complexity index is 1650. The molecule has 0 fully saturated rings. The fourth-order valence-corrected chi connectivity index (χ4v) is 5.20. The van der Waals surface area contributed by atoms with E-state index in [-0.39, 0.29) is 12.1 Å². The van der Waals surface area contributed by atoms with E-state index in [1.807, 2.05) is 36.5 Å². The highest BCUT2D eigenvalue weighted by Gasteiger charge is 2.47. The van der Waals surface area contributed by atoms with Gasteiger partial charge < -0.3 is 10.6 Å². The summed E-state index contributed by atoms with van der Waals surface area (Å²) in [5.41, 5.74) is 0.897. The minimum Gasteiger partial charge on any atom is -0.339 e. The predicted octanol–water partition coefficient (Wildman–Crippen LogP) is 4.71. The second kappa shape index (κ2) is 11.4. The fourth-order valence-electron chi connectivity index (χ4n) is 5.20. The van der Waals surface area contributed by atoms with Gasteiger partial charge in [0.15, 0.2) is 6.19 Å². The van der Waals surface area contributed by atoms with E-state index >= 15 is 0 Å². The average Bonchev–Trinajstić information content (AvgIpc) is 3.38. The molecule has 1 aliphatic rings. The van der Waals surface area contributed by atoms with Gasteiger partial charge in [0, 0.05) is 23.9 Å². The lowest BCUT2D eigenvalue weighted by atomic mass is 9.82. The van der Waals surface area contributed by atoms with Crippen LogP contribution in [0.2, 0.25) is 0 Å². The summed E-state index contributed by atoms with van der Waals surface area (Å²) < 4.78 is 41.8. The number of hydrogen-bond acceptors (Lipinski definition) is 6. The average molecular weight is 574 g/mol. The molecule has 0 spiro atoms. The number of pyridine rings is 1. The van der Waals surface area contributed by atoms with Gasteiger partial charge in [-0.05, 0) is 56.3 Å². The van der Waals surface area contributed by atoms with Crippen LogP contribution in [0.1, 0.15) is 58.7 Å². The van der Waals surface area contributed by atoms with Gasteiger partial charge in [-0.2, -0.15) is 23.5 Å². The van der Waals surface area contributed by atoms with Crippen LogP contribution in [0.25, 0.3) is 5.69 Å². The van der Waals surface area contributed by atoms with E-state index in [1.165, 1.54) is 11.0 Å². The number of amides is 2. The summed E-state index contributed by atoms with van der Waals surface area (Å²) in [5, 5.41) is 19.7. The Morgan fingerprint density at radius 1 is 1.10 bits per heavy atom. The zero-order valence-corrected chi connectivity index (χ0v) is 22.6. The molecule has 2 amide bonds. The SMILES string of the molecule is CCN1C(=O)[C@@H](NC(=O)c2cccc(C(F)(F)F)c2)[C@@H](c2ccccn2)c2c([C@@H](C)NC#N)nn(-c3ccccc3)c21. The van der Waals surface area contributed by atoms with Crippen molar-refractivity contribution in [3.8, 4) is 11.9 Å². The predicted molar refractivity (Wildman–Crippen MR) is 148 cm³/mol. The fraction of sp³-hybridized carbons (Fsp3) is 0.233. The van der Waals surface area contributed by atoms with Crippen molar-refractivity contribution in [2.24, 2.45) is 0 Å². The van der Waals surface area contributed by atoms with Crippen molar-refractivity contribution in [2.45, 2.75) is 38.0 Å². The molecule has 2 N–H and O–H groups in total. The van der Waals surface area contributed by atoms with Crippen molar-refractivity contribution in [3.05, 3.63) is 107 Å². The van der Waals surface area contributed by atoms with Crippen LogP contribution >= 0.6 is 0 Å². The lowest BCUT2D eigenvalue weighted by Gasteiger charge is -2.38. The van der Waals surface area contributed by atoms with E-state index in [9.17, 15) is 28.0 Å². The summed E-state index contributed by atoms with van der Waals surface area (Å²) in [7, 11) is 0. The van der Waals surface area contributed by atoms with Gasteiger partial charge in [-0.25, -0.2) is 4.68 Å². The number of nitriles is 1. The first-order valence-corrected chi connectivity index (χ1v) is 13.2. The molecular weight excluding hydrogens is 547 g/mol. The molecule has 42 heavy (non-hydrogen) atoms. The molecule has 0 radical (unpaired) electrons. The van der Waals surface area contributed by atoms with Gasteiger partial charge in [-0.15, -0.1) is 0 Å². The molecule has 9 nitrogen and oxygen atoms in total. The molecule has 0 unspecified atom stereocenters. The molecule has 214 valence electrons. The molecular formula is C30H26F3N7O2. The standard InChI is InChI=1S/C30H26F3N7O2/c1-3-39-28-24(25(18(2)36-17-34)38-40(28)21-12-5-4-6-13-21)23(22-14-7-8-15-35-22)26(29(39)42)37-27(41)19-10-9-11-20(16-19)30(31,32)33/h4-16,18,23,26,36H,3H2,1-2H3,(H,37,41)/t18-,23+,26+/m1/s1. The lowest BCUT2D eigenvalue weighted by molar-refractivity contribution is -0.137. The smallest absolute Gasteiger partial charge is 0.339 e. The Balaban J connectivity index is 1.71. The van der Waals surface area contributed by atoms with Crippen LogP contribution in [0.15, 0.2) is 79.0 Å². The summed E-state index contributed by atoms with van der Waals surface area (Å²) in [6, 6.07) is 16.5. The highest BCUT2D eigenvalue weighted by molar-refractivity contribution is 6.05. The van der Waals surface area contributed by atoms with Crippen molar-refractivity contribution in [1.29, 1.82) is 5.26 Å². The number of rotatable bonds is 7. The maximum atomic E-state index is 14.2. The molecule has 5 rings (SSSR count). The second-order valence-corrected chi connectivity index (χ2v) is 9.69. The Labute approximate surface area is 239 Å². The molecule has 0 bridgehead atoms.